The summed E-state index contributed by atoms with van der Waals surface area (Å²) in [5, 5.41) is 40.4. The minimum Gasteiger partial charge on any atom is -0.490 e. The third kappa shape index (κ3) is 20.9. The number of benzene rings is 1. The zero-order valence-corrected chi connectivity index (χ0v) is 49.6. The molecule has 0 spiro atoms. The standard InChI is InChI=1S/C57H82N12O13S/c1-8-68-49-44(35-61-42(16-18-57(6,7)75)47(49)65-53(68)48-52(58)67-82-66-48)81-22-10-20-59-19-9-11-45(71)60-21-24-77-26-28-79-30-32-80-31-29-78-27-25-76-23-17-46(72)64-51(56(3,4)5)55(74)69-36-41(70)33-43(69)54(73)62-34-39-12-14-40(15-13-39)50-38(2)63-37-83-50/h12-15,35,37,41,43,51,59,70,75H,8-11,17,19-34,36H2,1-7H3,(H2,58,67)(H,60,71)(H,62,73)(H,64,72). The lowest BCUT2D eigenvalue weighted by Crippen LogP contribution is -2.57. The van der Waals surface area contributed by atoms with Crippen molar-refractivity contribution in [3.8, 4) is 39.5 Å². The lowest BCUT2D eigenvalue weighted by Gasteiger charge is -2.35. The summed E-state index contributed by atoms with van der Waals surface area (Å²) in [4.78, 5) is 68.7. The number of carbonyl (C=O) groups excluding carboxylic acids is 4. The van der Waals surface area contributed by atoms with Crippen molar-refractivity contribution in [2.24, 2.45) is 5.41 Å². The van der Waals surface area contributed by atoms with E-state index < -0.39 is 35.1 Å². The van der Waals surface area contributed by atoms with E-state index in [0.29, 0.717) is 133 Å². The Morgan fingerprint density at radius 2 is 1.51 bits per heavy atom. The largest absolute Gasteiger partial charge is 0.490 e. The molecule has 0 radical (unpaired) electrons. The first-order chi connectivity index (χ1) is 39.8. The van der Waals surface area contributed by atoms with Gasteiger partial charge in [0, 0.05) is 45.4 Å². The maximum atomic E-state index is 13.9. The second-order valence-electron chi connectivity index (χ2n) is 21.3. The molecule has 5 aromatic rings. The number of likely N-dealkylation sites (tertiary alicyclic amines) is 1. The van der Waals surface area contributed by atoms with Crippen LogP contribution in [0.2, 0.25) is 0 Å². The molecule has 3 unspecified atom stereocenters. The lowest BCUT2D eigenvalue weighted by atomic mass is 9.85. The molecule has 1 aliphatic rings. The molecule has 0 bridgehead atoms. The molecule has 26 heteroatoms. The van der Waals surface area contributed by atoms with Crippen molar-refractivity contribution in [1.82, 2.24) is 56.0 Å². The second-order valence-corrected chi connectivity index (χ2v) is 22.2. The van der Waals surface area contributed by atoms with Gasteiger partial charge in [-0.1, -0.05) is 51.0 Å². The summed E-state index contributed by atoms with van der Waals surface area (Å²) in [6.07, 6.45) is 2.57. The van der Waals surface area contributed by atoms with Gasteiger partial charge < -0.3 is 75.1 Å². The Morgan fingerprint density at radius 1 is 0.843 bits per heavy atom. The molecule has 4 aromatic heterocycles. The molecule has 1 aromatic carbocycles. The fourth-order valence-electron chi connectivity index (χ4n) is 8.75. The van der Waals surface area contributed by atoms with Crippen molar-refractivity contribution in [1.29, 1.82) is 0 Å². The number of β-amino-alcohol motifs (C(OH)–C–C–N with tert-alkyl or cyclic N) is 1. The number of ether oxygens (including phenoxy) is 6. The number of nitrogen functional groups attached to an aromatic ring is 1. The summed E-state index contributed by atoms with van der Waals surface area (Å²) in [7, 11) is 0. The third-order valence-electron chi connectivity index (χ3n) is 13.0. The smallest absolute Gasteiger partial charge is 0.246 e. The number of aryl methyl sites for hydroxylation is 2. The maximum Gasteiger partial charge on any atom is 0.246 e. The zero-order chi connectivity index (χ0) is 59.8. The van der Waals surface area contributed by atoms with E-state index in [9.17, 15) is 29.4 Å². The number of pyridine rings is 1. The van der Waals surface area contributed by atoms with Crippen molar-refractivity contribution in [2.45, 2.75) is 117 Å². The number of thiazole rings is 1. The minimum atomic E-state index is -1.23. The average molecular weight is 1180 g/mol. The zero-order valence-electron chi connectivity index (χ0n) is 48.8. The van der Waals surface area contributed by atoms with Crippen LogP contribution in [0.25, 0.3) is 33.0 Å². The number of amides is 4. The minimum absolute atomic E-state index is 0.0131. The van der Waals surface area contributed by atoms with Gasteiger partial charge in [-0.15, -0.1) is 11.3 Å². The molecule has 4 amide bonds. The van der Waals surface area contributed by atoms with Crippen LogP contribution in [0.1, 0.15) is 90.6 Å². The van der Waals surface area contributed by atoms with Crippen LogP contribution < -0.4 is 31.7 Å². The predicted molar refractivity (Wildman–Crippen MR) is 310 cm³/mol. The van der Waals surface area contributed by atoms with Gasteiger partial charge in [-0.2, -0.15) is 0 Å². The van der Waals surface area contributed by atoms with E-state index >= 15 is 0 Å². The Bertz CT molecular complexity index is 2910. The van der Waals surface area contributed by atoms with Crippen LogP contribution in [-0.4, -0.2) is 191 Å². The first-order valence-electron chi connectivity index (χ1n) is 28.1. The average Bonchev–Trinajstić information content (AvgIpc) is 4.25. The summed E-state index contributed by atoms with van der Waals surface area (Å²) in [6, 6.07) is 6.04. The van der Waals surface area contributed by atoms with Gasteiger partial charge in [0.05, 0.1) is 101 Å². The van der Waals surface area contributed by atoms with Gasteiger partial charge in [0.25, 0.3) is 0 Å². The Morgan fingerprint density at radius 3 is 2.12 bits per heavy atom. The summed E-state index contributed by atoms with van der Waals surface area (Å²) < 4.78 is 40.7. The highest BCUT2D eigenvalue weighted by atomic mass is 32.1. The number of nitrogens with zero attached hydrogens (tertiary/aromatic N) is 7. The molecule has 0 aliphatic carbocycles. The highest BCUT2D eigenvalue weighted by Gasteiger charge is 2.44. The van der Waals surface area contributed by atoms with Crippen LogP contribution in [0.3, 0.4) is 0 Å². The lowest BCUT2D eigenvalue weighted by molar-refractivity contribution is -0.144. The molecule has 1 fully saturated rings. The second kappa shape index (κ2) is 33.0. The van der Waals surface area contributed by atoms with Crippen LogP contribution in [0.15, 0.2) is 40.6 Å². The number of fused-ring (bicyclic) bond motifs is 1. The molecule has 3 atom stereocenters. The van der Waals surface area contributed by atoms with E-state index in [-0.39, 0.29) is 68.4 Å². The number of aromatic nitrogens is 6. The number of nitrogens with two attached hydrogens (primary N) is 1. The third-order valence-corrected chi connectivity index (χ3v) is 14.0. The number of aliphatic hydroxyl groups is 2. The fraction of sp³-hybridized carbons (Fsp3) is 0.596. The molecule has 5 heterocycles. The van der Waals surface area contributed by atoms with E-state index in [1.165, 1.54) is 4.90 Å². The molecular formula is C57H82N12O13S. The Hall–Kier alpha value is -6.67. The van der Waals surface area contributed by atoms with E-state index in [4.69, 9.17) is 43.8 Å². The molecule has 25 nitrogen and oxygen atoms in total. The number of nitrogens with one attached hydrogen (secondary N) is 4. The van der Waals surface area contributed by atoms with Gasteiger partial charge >= 0.3 is 0 Å². The molecule has 8 N–H and O–H groups in total. The molecule has 454 valence electrons. The van der Waals surface area contributed by atoms with Gasteiger partial charge in [-0.3, -0.25) is 19.2 Å². The fourth-order valence-corrected chi connectivity index (χ4v) is 9.56. The van der Waals surface area contributed by atoms with Crippen LogP contribution >= 0.6 is 11.3 Å². The number of imidazole rings is 1. The van der Waals surface area contributed by atoms with Crippen LogP contribution in [0.5, 0.6) is 5.75 Å². The van der Waals surface area contributed by atoms with Crippen molar-refractivity contribution in [3.63, 3.8) is 0 Å². The molecule has 83 heavy (non-hydrogen) atoms. The van der Waals surface area contributed by atoms with E-state index in [1.807, 2.05) is 69.0 Å². The summed E-state index contributed by atoms with van der Waals surface area (Å²) >= 11 is 1.57. The van der Waals surface area contributed by atoms with Gasteiger partial charge in [-0.25, -0.2) is 19.6 Å². The van der Waals surface area contributed by atoms with Gasteiger partial charge in [0.2, 0.25) is 23.6 Å². The van der Waals surface area contributed by atoms with E-state index in [1.54, 1.807) is 31.4 Å². The molecule has 0 saturated carbocycles. The summed E-state index contributed by atoms with van der Waals surface area (Å²) in [5.74, 6) is 5.52. The van der Waals surface area contributed by atoms with Crippen molar-refractivity contribution < 1.29 is 62.4 Å². The van der Waals surface area contributed by atoms with Crippen molar-refractivity contribution >= 4 is 51.8 Å². The number of carbonyl (C=O) groups is 4. The van der Waals surface area contributed by atoms with Crippen LogP contribution in [0.4, 0.5) is 5.82 Å². The monoisotopic (exact) mass is 1170 g/mol. The molecule has 1 saturated heterocycles. The highest BCUT2D eigenvalue weighted by molar-refractivity contribution is 7.13. The maximum absolute atomic E-state index is 13.9. The Balaban J connectivity index is 0.723. The SMILES string of the molecule is CCn1c(-c2nonc2N)nc2c(C#CC(C)(C)O)ncc(OCCCNCCCC(=O)NCCOCCOCCOCCOCCOCCC(=O)NC(C(=O)N3CC(O)CC3C(=O)NCc3ccc(-c4scnc4C)cc3)C(C)(C)C)c21. The van der Waals surface area contributed by atoms with E-state index in [0.717, 1.165) is 21.7 Å². The first kappa shape index (κ1) is 65.5. The predicted octanol–water partition coefficient (Wildman–Crippen LogP) is 3.17. The number of aliphatic hydroxyl groups excluding tert-OH is 1. The number of anilines is 1. The topological polar surface area (TPSA) is 324 Å². The Labute approximate surface area is 488 Å². The van der Waals surface area contributed by atoms with Crippen LogP contribution in [0, 0.1) is 24.2 Å². The normalized spacial score (nSPS) is 14.8. The summed E-state index contributed by atoms with van der Waals surface area (Å²) in [5.41, 5.74) is 10.6. The van der Waals surface area contributed by atoms with Crippen LogP contribution in [-0.2, 0) is 56.0 Å². The van der Waals surface area contributed by atoms with Gasteiger partial charge in [0.15, 0.2) is 23.1 Å². The van der Waals surface area contributed by atoms with Crippen molar-refractivity contribution in [2.75, 3.05) is 105 Å². The highest BCUT2D eigenvalue weighted by Crippen LogP contribution is 2.34. The number of rotatable bonds is 35. The number of hydrogen-bond donors (Lipinski definition) is 7. The Kier molecular flexibility index (Phi) is 26.0. The molecule has 1 aliphatic heterocycles. The molecular weight excluding hydrogens is 1090 g/mol. The summed E-state index contributed by atoms with van der Waals surface area (Å²) in [6.45, 7) is 18.8. The van der Waals surface area contributed by atoms with Gasteiger partial charge in [0.1, 0.15) is 34.4 Å². The first-order valence-corrected chi connectivity index (χ1v) is 29.0. The van der Waals surface area contributed by atoms with Gasteiger partial charge in [-0.05, 0) is 86.4 Å². The number of hydrogen-bond acceptors (Lipinski definition) is 21. The molecule has 6 rings (SSSR count). The quantitative estimate of drug-likeness (QED) is 0.0226. The van der Waals surface area contributed by atoms with Crippen molar-refractivity contribution in [3.05, 3.63) is 52.9 Å². The van der Waals surface area contributed by atoms with E-state index in [2.05, 4.69) is 53.4 Å².